The summed E-state index contributed by atoms with van der Waals surface area (Å²) in [6.45, 7) is 12.2. The zero-order valence-electron chi connectivity index (χ0n) is 10.0. The van der Waals surface area contributed by atoms with Crippen LogP contribution in [0.5, 0.6) is 0 Å². The minimum absolute atomic E-state index is 0.287. The average Bonchev–Trinajstić information content (AvgIpc) is 1.92. The Morgan fingerprint density at radius 3 is 1.14 bits per heavy atom. The van der Waals surface area contributed by atoms with E-state index < -0.39 is 0 Å². The molecule has 4 nitrogen and oxygen atoms in total. The lowest BCUT2D eigenvalue weighted by Gasteiger charge is -2.19. The minimum atomic E-state index is -0.287. The predicted molar refractivity (Wildman–Crippen MR) is 53.6 cm³/mol. The van der Waals surface area contributed by atoms with Crippen LogP contribution >= 0.6 is 0 Å². The van der Waals surface area contributed by atoms with Crippen LogP contribution in [-0.4, -0.2) is 24.4 Å². The van der Waals surface area contributed by atoms with Crippen molar-refractivity contribution < 1.29 is 19.6 Å². The maximum atomic E-state index is 5.03. The molecule has 0 aliphatic heterocycles. The highest BCUT2D eigenvalue weighted by Crippen LogP contribution is 2.08. The van der Waals surface area contributed by atoms with Crippen molar-refractivity contribution in [2.75, 3.05) is 13.2 Å². The van der Waals surface area contributed by atoms with Gasteiger partial charge < -0.3 is 0 Å². The molecule has 0 unspecified atom stereocenters. The SMILES string of the molecule is CC(C)(C)OOCCOOC(C)(C)C. The molecule has 0 saturated carbocycles. The fourth-order valence-electron chi connectivity index (χ4n) is 0.505. The first-order valence-electron chi connectivity index (χ1n) is 4.82. The topological polar surface area (TPSA) is 36.9 Å². The number of hydrogen-bond acceptors (Lipinski definition) is 4. The summed E-state index contributed by atoms with van der Waals surface area (Å²) in [6.07, 6.45) is 0. The molecule has 0 atom stereocenters. The van der Waals surface area contributed by atoms with Gasteiger partial charge in [-0.25, -0.2) is 19.6 Å². The Balaban J connectivity index is 3.23. The van der Waals surface area contributed by atoms with E-state index >= 15 is 0 Å². The second-order valence-electron chi connectivity index (χ2n) is 5.04. The molecule has 14 heavy (non-hydrogen) atoms. The van der Waals surface area contributed by atoms with E-state index in [-0.39, 0.29) is 11.2 Å². The molecule has 0 bridgehead atoms. The van der Waals surface area contributed by atoms with Crippen molar-refractivity contribution in [1.82, 2.24) is 0 Å². The first-order chi connectivity index (χ1) is 6.21. The van der Waals surface area contributed by atoms with Gasteiger partial charge in [0.25, 0.3) is 0 Å². The Labute approximate surface area is 86.3 Å². The lowest BCUT2D eigenvalue weighted by Crippen LogP contribution is -2.23. The van der Waals surface area contributed by atoms with E-state index in [0.29, 0.717) is 13.2 Å². The van der Waals surface area contributed by atoms with Gasteiger partial charge in [-0.3, -0.25) is 0 Å². The molecule has 0 aliphatic carbocycles. The van der Waals surface area contributed by atoms with Crippen LogP contribution in [0.25, 0.3) is 0 Å². The second kappa shape index (κ2) is 5.66. The Morgan fingerprint density at radius 1 is 0.643 bits per heavy atom. The maximum Gasteiger partial charge on any atom is 0.109 e. The van der Waals surface area contributed by atoms with Crippen molar-refractivity contribution in [3.05, 3.63) is 0 Å². The molecule has 0 fully saturated rings. The maximum absolute atomic E-state index is 5.03. The molecule has 0 heterocycles. The van der Waals surface area contributed by atoms with Crippen LogP contribution in [0.3, 0.4) is 0 Å². The van der Waals surface area contributed by atoms with Gasteiger partial charge in [-0.05, 0) is 41.5 Å². The molecule has 0 saturated heterocycles. The van der Waals surface area contributed by atoms with Crippen molar-refractivity contribution in [3.8, 4) is 0 Å². The first kappa shape index (κ1) is 13.8. The number of hydrogen-bond donors (Lipinski definition) is 0. The van der Waals surface area contributed by atoms with Gasteiger partial charge >= 0.3 is 0 Å². The molecule has 0 rings (SSSR count). The molecule has 4 heteroatoms. The standard InChI is InChI=1S/C10H22O4/c1-9(2,3)13-11-7-8-12-14-10(4,5)6/h7-8H2,1-6H3. The minimum Gasteiger partial charge on any atom is -0.234 e. The van der Waals surface area contributed by atoms with Crippen LogP contribution < -0.4 is 0 Å². The first-order valence-corrected chi connectivity index (χ1v) is 4.82. The summed E-state index contributed by atoms with van der Waals surface area (Å²) < 4.78 is 0. The van der Waals surface area contributed by atoms with Gasteiger partial charge in [-0.15, -0.1) is 0 Å². The summed E-state index contributed by atoms with van der Waals surface area (Å²) in [5, 5.41) is 0. The largest absolute Gasteiger partial charge is 0.234 e. The third-order valence-electron chi connectivity index (χ3n) is 0.868. The van der Waals surface area contributed by atoms with E-state index in [2.05, 4.69) is 0 Å². The van der Waals surface area contributed by atoms with Gasteiger partial charge in [-0.2, -0.15) is 0 Å². The van der Waals surface area contributed by atoms with E-state index in [1.807, 2.05) is 41.5 Å². The predicted octanol–water partition coefficient (Wildman–Crippen LogP) is 2.48. The van der Waals surface area contributed by atoms with E-state index in [4.69, 9.17) is 19.6 Å². The van der Waals surface area contributed by atoms with E-state index in [0.717, 1.165) is 0 Å². The molecule has 0 N–H and O–H groups in total. The van der Waals surface area contributed by atoms with Crippen molar-refractivity contribution in [2.45, 2.75) is 52.7 Å². The quantitative estimate of drug-likeness (QED) is 0.393. The fourth-order valence-corrected chi connectivity index (χ4v) is 0.505. The molecule has 0 aromatic carbocycles. The molecular formula is C10H22O4. The Bertz CT molecular complexity index is 125. The van der Waals surface area contributed by atoms with Gasteiger partial charge in [0, 0.05) is 0 Å². The van der Waals surface area contributed by atoms with Gasteiger partial charge in [-0.1, -0.05) is 0 Å². The zero-order valence-corrected chi connectivity index (χ0v) is 10.0. The van der Waals surface area contributed by atoms with Gasteiger partial charge in [0.05, 0.1) is 11.2 Å². The summed E-state index contributed by atoms with van der Waals surface area (Å²) >= 11 is 0. The molecule has 0 aliphatic rings. The highest BCUT2D eigenvalue weighted by Gasteiger charge is 2.12. The van der Waals surface area contributed by atoms with Crippen molar-refractivity contribution in [1.29, 1.82) is 0 Å². The Kier molecular flexibility index (Phi) is 5.59. The fraction of sp³-hybridized carbons (Fsp3) is 1.00. The second-order valence-corrected chi connectivity index (χ2v) is 5.04. The molecule has 0 aromatic heterocycles. The van der Waals surface area contributed by atoms with Crippen LogP contribution in [0.2, 0.25) is 0 Å². The van der Waals surface area contributed by atoms with Crippen LogP contribution in [-0.2, 0) is 19.6 Å². The molecule has 86 valence electrons. The van der Waals surface area contributed by atoms with Crippen LogP contribution in [0.1, 0.15) is 41.5 Å². The summed E-state index contributed by atoms with van der Waals surface area (Å²) in [7, 11) is 0. The summed E-state index contributed by atoms with van der Waals surface area (Å²) in [4.78, 5) is 19.9. The lowest BCUT2D eigenvalue weighted by molar-refractivity contribution is -0.388. The van der Waals surface area contributed by atoms with Gasteiger partial charge in [0.1, 0.15) is 13.2 Å². The molecule has 0 aromatic rings. The van der Waals surface area contributed by atoms with E-state index in [1.165, 1.54) is 0 Å². The number of rotatable bonds is 5. The third-order valence-corrected chi connectivity index (χ3v) is 0.868. The monoisotopic (exact) mass is 206 g/mol. The van der Waals surface area contributed by atoms with Crippen LogP contribution in [0, 0.1) is 0 Å². The smallest absolute Gasteiger partial charge is 0.109 e. The molecule has 0 radical (unpaired) electrons. The zero-order chi connectivity index (χ0) is 11.2. The van der Waals surface area contributed by atoms with E-state index in [9.17, 15) is 0 Å². The lowest BCUT2D eigenvalue weighted by atomic mass is 10.2. The highest BCUT2D eigenvalue weighted by molar-refractivity contribution is 4.55. The summed E-state index contributed by atoms with van der Waals surface area (Å²) in [6, 6.07) is 0. The molecule has 0 amide bonds. The van der Waals surface area contributed by atoms with Crippen LogP contribution in [0.4, 0.5) is 0 Å². The van der Waals surface area contributed by atoms with Gasteiger partial charge in [0.2, 0.25) is 0 Å². The highest BCUT2D eigenvalue weighted by atomic mass is 17.2. The summed E-state index contributed by atoms with van der Waals surface area (Å²) in [5.41, 5.74) is -0.574. The van der Waals surface area contributed by atoms with Crippen molar-refractivity contribution >= 4 is 0 Å². The normalized spacial score (nSPS) is 13.3. The van der Waals surface area contributed by atoms with E-state index in [1.54, 1.807) is 0 Å². The summed E-state index contributed by atoms with van der Waals surface area (Å²) in [5.74, 6) is 0. The third kappa shape index (κ3) is 11.8. The van der Waals surface area contributed by atoms with Crippen molar-refractivity contribution in [3.63, 3.8) is 0 Å². The molecular weight excluding hydrogens is 184 g/mol. The molecule has 0 spiro atoms. The Morgan fingerprint density at radius 2 is 0.929 bits per heavy atom. The van der Waals surface area contributed by atoms with Crippen molar-refractivity contribution in [2.24, 2.45) is 0 Å². The van der Waals surface area contributed by atoms with Gasteiger partial charge in [0.15, 0.2) is 0 Å². The average molecular weight is 206 g/mol. The Hall–Kier alpha value is -0.160. The van der Waals surface area contributed by atoms with Crippen LogP contribution in [0.15, 0.2) is 0 Å².